The molecular formula is C19H11F3N4O3S. The van der Waals surface area contributed by atoms with E-state index in [4.69, 9.17) is 22.6 Å². The van der Waals surface area contributed by atoms with Crippen LogP contribution in [0.15, 0.2) is 30.5 Å². The second-order valence-corrected chi connectivity index (χ2v) is 7.16. The Kier molecular flexibility index (Phi) is 4.47. The van der Waals surface area contributed by atoms with Gasteiger partial charge in [-0.05, 0) is 41.5 Å². The number of pyridine rings is 1. The molecule has 0 radical (unpaired) electrons. The first kappa shape index (κ1) is 19.8. The van der Waals surface area contributed by atoms with E-state index in [1.54, 1.807) is 11.0 Å². The highest BCUT2D eigenvalue weighted by atomic mass is 32.1. The lowest BCUT2D eigenvalue weighted by molar-refractivity contribution is -0.138. The number of hydrogen-bond acceptors (Lipinski definition) is 5. The molecule has 30 heavy (non-hydrogen) atoms. The quantitative estimate of drug-likeness (QED) is 0.729. The van der Waals surface area contributed by atoms with Crippen molar-refractivity contribution in [3.63, 3.8) is 0 Å². The van der Waals surface area contributed by atoms with Crippen LogP contribution in [0.5, 0.6) is 0 Å². The van der Waals surface area contributed by atoms with Gasteiger partial charge in [-0.2, -0.15) is 18.4 Å². The van der Waals surface area contributed by atoms with Gasteiger partial charge in [0.05, 0.1) is 23.0 Å². The van der Waals surface area contributed by atoms with Crippen LogP contribution in [0.4, 0.5) is 18.9 Å². The van der Waals surface area contributed by atoms with Crippen molar-refractivity contribution in [3.05, 3.63) is 58.4 Å². The van der Waals surface area contributed by atoms with Crippen molar-refractivity contribution < 1.29 is 27.9 Å². The molecule has 1 atom stereocenters. The van der Waals surface area contributed by atoms with Gasteiger partial charge in [0.15, 0.2) is 10.8 Å². The summed E-state index contributed by atoms with van der Waals surface area (Å²) in [6.45, 7) is 0.151. The molecule has 1 aromatic heterocycles. The first-order chi connectivity index (χ1) is 14.1. The van der Waals surface area contributed by atoms with Gasteiger partial charge >= 0.3 is 12.1 Å². The van der Waals surface area contributed by atoms with E-state index in [-0.39, 0.29) is 29.3 Å². The smallest absolute Gasteiger partial charge is 0.419 e. The number of thiocarbonyl (C=S) groups is 1. The van der Waals surface area contributed by atoms with Crippen LogP contribution in [0, 0.1) is 11.3 Å². The number of nitrogens with zero attached hydrogens (tertiary/aromatic N) is 4. The van der Waals surface area contributed by atoms with E-state index in [0.29, 0.717) is 11.6 Å². The molecule has 152 valence electrons. The maximum absolute atomic E-state index is 13.3. The lowest BCUT2D eigenvalue weighted by Gasteiger charge is -2.30. The van der Waals surface area contributed by atoms with E-state index in [0.717, 1.165) is 16.7 Å². The fraction of sp³-hybridized carbons (Fsp3) is 0.211. The molecule has 0 aliphatic carbocycles. The molecule has 1 aromatic carbocycles. The lowest BCUT2D eigenvalue weighted by atomic mass is 9.93. The highest BCUT2D eigenvalue weighted by Gasteiger charge is 2.46. The summed E-state index contributed by atoms with van der Waals surface area (Å²) in [7, 11) is 0. The Morgan fingerprint density at radius 2 is 2.03 bits per heavy atom. The Hall–Kier alpha value is -3.52. The van der Waals surface area contributed by atoms with Crippen molar-refractivity contribution in [1.82, 2.24) is 9.88 Å². The number of alkyl halides is 3. The Labute approximate surface area is 173 Å². The summed E-state index contributed by atoms with van der Waals surface area (Å²) in [6, 6.07) is 5.92. The number of carboxylic acid groups (broad SMARTS) is 1. The molecule has 1 amide bonds. The maximum atomic E-state index is 13.3. The van der Waals surface area contributed by atoms with Gasteiger partial charge < -0.3 is 10.0 Å². The molecule has 11 heteroatoms. The van der Waals surface area contributed by atoms with Crippen LogP contribution in [0.25, 0.3) is 0 Å². The number of halogens is 3. The standard InChI is InChI=1S/C19H11F3N4O3S/c20-19(21,22)13-5-12(7-24-14(13)6-23)26-16(27)15-4-9-1-2-10(17(28)29)3-11(9)8-25(15)18(26)30/h1-3,5,7,15H,4,8H2,(H,28,29). The van der Waals surface area contributed by atoms with Crippen LogP contribution >= 0.6 is 12.2 Å². The van der Waals surface area contributed by atoms with Crippen LogP contribution in [-0.4, -0.2) is 38.0 Å². The Morgan fingerprint density at radius 1 is 1.30 bits per heavy atom. The summed E-state index contributed by atoms with van der Waals surface area (Å²) in [4.78, 5) is 30.3. The number of anilines is 1. The average Bonchev–Trinajstić information content (AvgIpc) is 2.94. The van der Waals surface area contributed by atoms with Gasteiger partial charge in [0.2, 0.25) is 0 Å². The molecule has 0 spiro atoms. The Balaban J connectivity index is 1.71. The van der Waals surface area contributed by atoms with Gasteiger partial charge in [-0.25, -0.2) is 9.78 Å². The minimum atomic E-state index is -4.82. The molecule has 0 bridgehead atoms. The highest BCUT2D eigenvalue weighted by Crippen LogP contribution is 2.37. The zero-order chi connectivity index (χ0) is 21.8. The largest absolute Gasteiger partial charge is 0.478 e. The zero-order valence-corrected chi connectivity index (χ0v) is 15.8. The number of aromatic carboxylic acids is 1. The minimum absolute atomic E-state index is 0.00369. The van der Waals surface area contributed by atoms with Crippen molar-refractivity contribution in [2.24, 2.45) is 0 Å². The maximum Gasteiger partial charge on any atom is 0.419 e. The molecule has 1 fully saturated rings. The van der Waals surface area contributed by atoms with Crippen molar-refractivity contribution in [3.8, 4) is 6.07 Å². The predicted molar refractivity (Wildman–Crippen MR) is 100 cm³/mol. The van der Waals surface area contributed by atoms with Gasteiger partial charge in [0.1, 0.15) is 12.1 Å². The number of hydrogen-bond donors (Lipinski definition) is 1. The van der Waals surface area contributed by atoms with Gasteiger partial charge in [-0.15, -0.1) is 0 Å². The number of rotatable bonds is 2. The molecule has 1 N–H and O–H groups in total. The molecular weight excluding hydrogens is 421 g/mol. The zero-order valence-electron chi connectivity index (χ0n) is 15.0. The minimum Gasteiger partial charge on any atom is -0.478 e. The number of amides is 1. The molecule has 1 saturated heterocycles. The van der Waals surface area contributed by atoms with Crippen LogP contribution in [-0.2, 0) is 23.9 Å². The lowest BCUT2D eigenvalue weighted by Crippen LogP contribution is -2.40. The van der Waals surface area contributed by atoms with Gasteiger partial charge in [-0.3, -0.25) is 9.69 Å². The van der Waals surface area contributed by atoms with Crippen molar-refractivity contribution in [2.75, 3.05) is 4.90 Å². The number of carbonyl (C=O) groups excluding carboxylic acids is 1. The number of nitriles is 1. The number of benzene rings is 1. The van der Waals surface area contributed by atoms with Gasteiger partial charge in [0.25, 0.3) is 5.91 Å². The normalized spacial score (nSPS) is 18.1. The second-order valence-electron chi connectivity index (χ2n) is 6.79. The van der Waals surface area contributed by atoms with Gasteiger partial charge in [0, 0.05) is 13.0 Å². The van der Waals surface area contributed by atoms with Crippen LogP contribution in [0.1, 0.15) is 32.7 Å². The van der Waals surface area contributed by atoms with Gasteiger partial charge in [-0.1, -0.05) is 6.07 Å². The number of aromatic nitrogens is 1. The van der Waals surface area contributed by atoms with E-state index in [1.807, 2.05) is 0 Å². The fourth-order valence-corrected chi connectivity index (χ4v) is 4.02. The van der Waals surface area contributed by atoms with Crippen molar-refractivity contribution in [2.45, 2.75) is 25.2 Å². The molecule has 2 aromatic rings. The van der Waals surface area contributed by atoms with Crippen LogP contribution < -0.4 is 4.90 Å². The highest BCUT2D eigenvalue weighted by molar-refractivity contribution is 7.80. The molecule has 1 unspecified atom stereocenters. The van der Waals surface area contributed by atoms with Crippen molar-refractivity contribution >= 4 is 34.9 Å². The average molecular weight is 432 g/mol. The summed E-state index contributed by atoms with van der Waals surface area (Å²) in [6.07, 6.45) is -3.58. The van der Waals surface area contributed by atoms with E-state index in [9.17, 15) is 22.8 Å². The SMILES string of the molecule is N#Cc1ncc(N2C(=O)C3Cc4ccc(C(=O)O)cc4CN3C2=S)cc1C(F)(F)F. The first-order valence-electron chi connectivity index (χ1n) is 8.59. The van der Waals surface area contributed by atoms with E-state index >= 15 is 0 Å². The number of fused-ring (bicyclic) bond motifs is 2. The number of carbonyl (C=O) groups is 2. The fourth-order valence-electron chi connectivity index (χ4n) is 3.63. The summed E-state index contributed by atoms with van der Waals surface area (Å²) in [5.74, 6) is -1.60. The van der Waals surface area contributed by atoms with Crippen LogP contribution in [0.3, 0.4) is 0 Å². The van der Waals surface area contributed by atoms with E-state index < -0.39 is 35.4 Å². The third kappa shape index (κ3) is 3.05. The Morgan fingerprint density at radius 3 is 2.67 bits per heavy atom. The number of carboxylic acids is 1. The summed E-state index contributed by atoms with van der Waals surface area (Å²) >= 11 is 5.35. The topological polar surface area (TPSA) is 97.5 Å². The summed E-state index contributed by atoms with van der Waals surface area (Å²) in [5.41, 5.74) is -0.689. The molecule has 2 aliphatic rings. The summed E-state index contributed by atoms with van der Waals surface area (Å²) in [5, 5.41) is 18.1. The molecule has 2 aliphatic heterocycles. The van der Waals surface area contributed by atoms with Crippen molar-refractivity contribution in [1.29, 1.82) is 5.26 Å². The first-order valence-corrected chi connectivity index (χ1v) is 8.99. The predicted octanol–water partition coefficient (Wildman–Crippen LogP) is 2.73. The molecule has 0 saturated carbocycles. The molecule has 3 heterocycles. The van der Waals surface area contributed by atoms with Crippen LogP contribution in [0.2, 0.25) is 0 Å². The molecule has 7 nitrogen and oxygen atoms in total. The van der Waals surface area contributed by atoms with E-state index in [2.05, 4.69) is 4.98 Å². The summed E-state index contributed by atoms with van der Waals surface area (Å²) < 4.78 is 39.9. The Bertz CT molecular complexity index is 1160. The molecule has 4 rings (SSSR count). The second kappa shape index (κ2) is 6.77. The monoisotopic (exact) mass is 432 g/mol. The third-order valence-electron chi connectivity index (χ3n) is 5.07. The van der Waals surface area contributed by atoms with E-state index in [1.165, 1.54) is 18.2 Å². The third-order valence-corrected chi connectivity index (χ3v) is 5.49.